The summed E-state index contributed by atoms with van der Waals surface area (Å²) in [5, 5.41) is 7.60. The molecule has 1 heterocycles. The van der Waals surface area contributed by atoms with E-state index in [2.05, 4.69) is 10.3 Å². The largest absolute Gasteiger partial charge is 0.292 e. The summed E-state index contributed by atoms with van der Waals surface area (Å²) in [6.45, 7) is 0. The molecule has 1 aromatic rings. The number of Topliss-reactive ketones (excluding diaryl/α,β-unsaturated/α-hetero) is 1. The van der Waals surface area contributed by atoms with Crippen molar-refractivity contribution >= 4 is 5.78 Å². The van der Waals surface area contributed by atoms with E-state index in [0.29, 0.717) is 12.1 Å². The molecule has 0 fully saturated rings. The fraction of sp³-hybridized carbons (Fsp3) is 0.571. The molecule has 0 unspecified atom stereocenters. The van der Waals surface area contributed by atoms with Gasteiger partial charge in [0, 0.05) is 13.5 Å². The van der Waals surface area contributed by atoms with E-state index >= 15 is 0 Å². The Bertz CT molecular complexity index is 303. The second-order valence-corrected chi connectivity index (χ2v) is 2.79. The van der Waals surface area contributed by atoms with Gasteiger partial charge < -0.3 is 0 Å². The molecule has 1 aliphatic carbocycles. The van der Waals surface area contributed by atoms with Crippen LogP contribution in [-0.4, -0.2) is 20.8 Å². The van der Waals surface area contributed by atoms with E-state index in [1.807, 2.05) is 7.05 Å². The molecular formula is C7H9N3O. The third kappa shape index (κ3) is 0.859. The van der Waals surface area contributed by atoms with Crippen LogP contribution in [0.1, 0.15) is 29.0 Å². The molecule has 0 spiro atoms. The first kappa shape index (κ1) is 6.52. The minimum Gasteiger partial charge on any atom is -0.292 e. The molecular weight excluding hydrogens is 142 g/mol. The Balaban J connectivity index is 2.55. The highest BCUT2D eigenvalue weighted by atomic mass is 16.1. The SMILES string of the molecule is Cn1nnc2c1CCCC2=O. The lowest BCUT2D eigenvalue weighted by Crippen LogP contribution is -2.12. The van der Waals surface area contributed by atoms with E-state index in [4.69, 9.17) is 0 Å². The van der Waals surface area contributed by atoms with Crippen molar-refractivity contribution in [1.82, 2.24) is 15.0 Å². The molecule has 4 nitrogen and oxygen atoms in total. The Hall–Kier alpha value is -1.19. The average molecular weight is 151 g/mol. The van der Waals surface area contributed by atoms with E-state index in [1.54, 1.807) is 4.68 Å². The molecule has 0 radical (unpaired) electrons. The molecule has 11 heavy (non-hydrogen) atoms. The summed E-state index contributed by atoms with van der Waals surface area (Å²) in [4.78, 5) is 11.2. The second kappa shape index (κ2) is 2.15. The number of ketones is 1. The third-order valence-electron chi connectivity index (χ3n) is 2.02. The molecule has 0 N–H and O–H groups in total. The smallest absolute Gasteiger partial charge is 0.185 e. The van der Waals surface area contributed by atoms with Crippen LogP contribution in [0.25, 0.3) is 0 Å². The predicted molar refractivity (Wildman–Crippen MR) is 38.3 cm³/mol. The van der Waals surface area contributed by atoms with Crippen molar-refractivity contribution in [3.8, 4) is 0 Å². The van der Waals surface area contributed by atoms with Gasteiger partial charge in [0.05, 0.1) is 5.69 Å². The summed E-state index contributed by atoms with van der Waals surface area (Å²) in [6.07, 6.45) is 2.50. The Morgan fingerprint density at radius 1 is 1.45 bits per heavy atom. The Labute approximate surface area is 64.2 Å². The van der Waals surface area contributed by atoms with Gasteiger partial charge in [0.25, 0.3) is 0 Å². The standard InChI is InChI=1S/C7H9N3O/c1-10-5-3-2-4-6(11)7(5)8-9-10/h2-4H2,1H3. The molecule has 58 valence electrons. The van der Waals surface area contributed by atoms with Crippen LogP contribution in [0.3, 0.4) is 0 Å². The fourth-order valence-corrected chi connectivity index (χ4v) is 1.41. The number of hydrogen-bond donors (Lipinski definition) is 0. The summed E-state index contributed by atoms with van der Waals surface area (Å²) in [7, 11) is 1.82. The number of aromatic nitrogens is 3. The van der Waals surface area contributed by atoms with Crippen molar-refractivity contribution in [3.63, 3.8) is 0 Å². The van der Waals surface area contributed by atoms with Gasteiger partial charge >= 0.3 is 0 Å². The lowest BCUT2D eigenvalue weighted by molar-refractivity contribution is 0.0967. The number of carbonyl (C=O) groups is 1. The van der Waals surface area contributed by atoms with Gasteiger partial charge in [-0.3, -0.25) is 9.48 Å². The first-order valence-electron chi connectivity index (χ1n) is 3.71. The molecule has 4 heteroatoms. The van der Waals surface area contributed by atoms with Gasteiger partial charge in [-0.1, -0.05) is 5.21 Å². The number of nitrogens with zero attached hydrogens (tertiary/aromatic N) is 3. The van der Waals surface area contributed by atoms with Gasteiger partial charge in [-0.25, -0.2) is 0 Å². The maximum absolute atomic E-state index is 11.2. The number of fused-ring (bicyclic) bond motifs is 1. The molecule has 0 atom stereocenters. The van der Waals surface area contributed by atoms with Crippen LogP contribution in [-0.2, 0) is 13.5 Å². The zero-order chi connectivity index (χ0) is 7.84. The molecule has 1 aliphatic rings. The van der Waals surface area contributed by atoms with Crippen molar-refractivity contribution in [2.75, 3.05) is 0 Å². The second-order valence-electron chi connectivity index (χ2n) is 2.79. The van der Waals surface area contributed by atoms with E-state index < -0.39 is 0 Å². The van der Waals surface area contributed by atoms with Crippen molar-refractivity contribution in [1.29, 1.82) is 0 Å². The van der Waals surface area contributed by atoms with Gasteiger partial charge in [-0.15, -0.1) is 5.10 Å². The van der Waals surface area contributed by atoms with Gasteiger partial charge in [0.1, 0.15) is 0 Å². The molecule has 2 rings (SSSR count). The fourth-order valence-electron chi connectivity index (χ4n) is 1.41. The zero-order valence-corrected chi connectivity index (χ0v) is 6.37. The van der Waals surface area contributed by atoms with Crippen LogP contribution in [0.15, 0.2) is 0 Å². The number of aryl methyl sites for hydroxylation is 1. The Morgan fingerprint density at radius 3 is 3.00 bits per heavy atom. The first-order valence-corrected chi connectivity index (χ1v) is 3.71. The number of carbonyl (C=O) groups excluding carboxylic acids is 1. The van der Waals surface area contributed by atoms with Gasteiger partial charge in [0.2, 0.25) is 0 Å². The van der Waals surface area contributed by atoms with E-state index in [1.165, 1.54) is 0 Å². The summed E-state index contributed by atoms with van der Waals surface area (Å²) in [5.74, 6) is 0.138. The Morgan fingerprint density at radius 2 is 2.27 bits per heavy atom. The van der Waals surface area contributed by atoms with Crippen molar-refractivity contribution in [2.24, 2.45) is 7.05 Å². The highest BCUT2D eigenvalue weighted by Crippen LogP contribution is 2.17. The van der Waals surface area contributed by atoms with Crippen LogP contribution in [0, 0.1) is 0 Å². The lowest BCUT2D eigenvalue weighted by atomic mass is 10.00. The minimum atomic E-state index is 0.138. The summed E-state index contributed by atoms with van der Waals surface area (Å²) in [6, 6.07) is 0. The first-order chi connectivity index (χ1) is 5.29. The topological polar surface area (TPSA) is 47.8 Å². The number of rotatable bonds is 0. The van der Waals surface area contributed by atoms with Crippen LogP contribution in [0.2, 0.25) is 0 Å². The molecule has 0 bridgehead atoms. The lowest BCUT2D eigenvalue weighted by Gasteiger charge is -2.07. The Kier molecular flexibility index (Phi) is 1.27. The average Bonchev–Trinajstić information content (AvgIpc) is 2.35. The van der Waals surface area contributed by atoms with E-state index in [9.17, 15) is 4.79 Å². The monoisotopic (exact) mass is 151 g/mol. The molecule has 0 aromatic carbocycles. The normalized spacial score (nSPS) is 16.6. The quantitative estimate of drug-likeness (QED) is 0.537. The highest BCUT2D eigenvalue weighted by molar-refractivity contribution is 5.96. The van der Waals surface area contributed by atoms with Gasteiger partial charge in [0.15, 0.2) is 11.5 Å². The summed E-state index contributed by atoms with van der Waals surface area (Å²) >= 11 is 0. The third-order valence-corrected chi connectivity index (χ3v) is 2.02. The van der Waals surface area contributed by atoms with Gasteiger partial charge in [-0.2, -0.15) is 0 Å². The summed E-state index contributed by atoms with van der Waals surface area (Å²) in [5.41, 5.74) is 1.57. The zero-order valence-electron chi connectivity index (χ0n) is 6.37. The van der Waals surface area contributed by atoms with Crippen LogP contribution >= 0.6 is 0 Å². The van der Waals surface area contributed by atoms with Crippen molar-refractivity contribution in [2.45, 2.75) is 19.3 Å². The molecule has 0 saturated carbocycles. The van der Waals surface area contributed by atoms with E-state index in [-0.39, 0.29) is 5.78 Å². The number of hydrogen-bond acceptors (Lipinski definition) is 3. The van der Waals surface area contributed by atoms with Crippen molar-refractivity contribution < 1.29 is 4.79 Å². The van der Waals surface area contributed by atoms with Crippen LogP contribution in [0.4, 0.5) is 0 Å². The maximum Gasteiger partial charge on any atom is 0.185 e. The minimum absolute atomic E-state index is 0.138. The predicted octanol–water partition coefficient (Wildman–Crippen LogP) is 0.334. The van der Waals surface area contributed by atoms with Crippen molar-refractivity contribution in [3.05, 3.63) is 11.4 Å². The van der Waals surface area contributed by atoms with Crippen LogP contribution < -0.4 is 0 Å². The molecule has 0 saturated heterocycles. The summed E-state index contributed by atoms with van der Waals surface area (Å²) < 4.78 is 1.69. The van der Waals surface area contributed by atoms with E-state index in [0.717, 1.165) is 18.5 Å². The van der Waals surface area contributed by atoms with Crippen LogP contribution in [0.5, 0.6) is 0 Å². The molecule has 1 aromatic heterocycles. The highest BCUT2D eigenvalue weighted by Gasteiger charge is 2.21. The molecule has 0 aliphatic heterocycles. The molecule has 0 amide bonds. The van der Waals surface area contributed by atoms with Gasteiger partial charge in [-0.05, 0) is 12.8 Å². The maximum atomic E-state index is 11.2.